The van der Waals surface area contributed by atoms with E-state index >= 15 is 0 Å². The van der Waals surface area contributed by atoms with Crippen molar-refractivity contribution in [1.29, 1.82) is 0 Å². The second-order valence-electron chi connectivity index (χ2n) is 3.59. The summed E-state index contributed by atoms with van der Waals surface area (Å²) < 4.78 is 10.5. The molecule has 0 spiro atoms. The third kappa shape index (κ3) is 1.79. The Bertz CT molecular complexity index is 492. The van der Waals surface area contributed by atoms with Crippen LogP contribution in [0.25, 0.3) is 11.3 Å². The highest BCUT2D eigenvalue weighted by molar-refractivity contribution is 5.69. The molecule has 0 unspecified atom stereocenters. The largest absolute Gasteiger partial charge is 0.496 e. The van der Waals surface area contributed by atoms with E-state index in [1.54, 1.807) is 13.3 Å². The Kier molecular flexibility index (Phi) is 2.92. The predicted molar refractivity (Wildman–Crippen MR) is 61.1 cm³/mol. The molecule has 0 bridgehead atoms. The Labute approximate surface area is 94.0 Å². The van der Waals surface area contributed by atoms with E-state index < -0.39 is 0 Å². The van der Waals surface area contributed by atoms with Crippen molar-refractivity contribution in [3.8, 4) is 17.1 Å². The first-order valence-electron chi connectivity index (χ1n) is 5.05. The highest BCUT2D eigenvalue weighted by Crippen LogP contribution is 2.32. The summed E-state index contributed by atoms with van der Waals surface area (Å²) in [6.07, 6.45) is 1.64. The molecule has 0 aliphatic carbocycles. The molecule has 16 heavy (non-hydrogen) atoms. The maximum atomic E-state index is 5.62. The standard InChI is InChI=1S/C12H14N2O2/c1-8-3-4-11(15-2)10(5-8)12-9(6-13)7-14-16-12/h3-5,7H,6,13H2,1-2H3. The fourth-order valence-corrected chi connectivity index (χ4v) is 1.63. The van der Waals surface area contributed by atoms with Crippen molar-refractivity contribution in [3.63, 3.8) is 0 Å². The van der Waals surface area contributed by atoms with Gasteiger partial charge in [-0.25, -0.2) is 0 Å². The predicted octanol–water partition coefficient (Wildman–Crippen LogP) is 2.12. The minimum Gasteiger partial charge on any atom is -0.496 e. The van der Waals surface area contributed by atoms with E-state index in [9.17, 15) is 0 Å². The number of hydrogen-bond donors (Lipinski definition) is 1. The van der Waals surface area contributed by atoms with E-state index in [1.807, 2.05) is 25.1 Å². The summed E-state index contributed by atoms with van der Waals surface area (Å²) in [7, 11) is 1.63. The number of ether oxygens (including phenoxy) is 1. The Hall–Kier alpha value is -1.81. The molecule has 1 aromatic heterocycles. The van der Waals surface area contributed by atoms with E-state index in [1.165, 1.54) is 0 Å². The summed E-state index contributed by atoms with van der Waals surface area (Å²) >= 11 is 0. The van der Waals surface area contributed by atoms with Crippen molar-refractivity contribution < 1.29 is 9.26 Å². The lowest BCUT2D eigenvalue weighted by Crippen LogP contribution is -1.97. The Morgan fingerprint density at radius 1 is 1.44 bits per heavy atom. The molecule has 2 aromatic rings. The van der Waals surface area contributed by atoms with E-state index in [4.69, 9.17) is 15.0 Å². The zero-order valence-corrected chi connectivity index (χ0v) is 9.36. The van der Waals surface area contributed by atoms with E-state index in [0.29, 0.717) is 12.3 Å². The van der Waals surface area contributed by atoms with Crippen LogP contribution in [0.3, 0.4) is 0 Å². The van der Waals surface area contributed by atoms with Crippen LogP contribution in [0.2, 0.25) is 0 Å². The lowest BCUT2D eigenvalue weighted by atomic mass is 10.1. The van der Waals surface area contributed by atoms with Gasteiger partial charge in [-0.1, -0.05) is 16.8 Å². The molecule has 2 N–H and O–H groups in total. The Balaban J connectivity index is 2.58. The molecule has 0 radical (unpaired) electrons. The van der Waals surface area contributed by atoms with Gasteiger partial charge >= 0.3 is 0 Å². The van der Waals surface area contributed by atoms with Gasteiger partial charge in [0, 0.05) is 12.1 Å². The fourth-order valence-electron chi connectivity index (χ4n) is 1.63. The molecular weight excluding hydrogens is 204 g/mol. The molecule has 84 valence electrons. The van der Waals surface area contributed by atoms with Crippen molar-refractivity contribution >= 4 is 0 Å². The number of aromatic nitrogens is 1. The van der Waals surface area contributed by atoms with Crippen molar-refractivity contribution in [3.05, 3.63) is 35.5 Å². The van der Waals surface area contributed by atoms with Crippen LogP contribution < -0.4 is 10.5 Å². The summed E-state index contributed by atoms with van der Waals surface area (Å²) in [6.45, 7) is 2.41. The molecule has 2 rings (SSSR count). The van der Waals surface area contributed by atoms with Crippen molar-refractivity contribution in [2.75, 3.05) is 7.11 Å². The van der Waals surface area contributed by atoms with Crippen LogP contribution in [0.4, 0.5) is 0 Å². The number of hydrogen-bond acceptors (Lipinski definition) is 4. The fraction of sp³-hybridized carbons (Fsp3) is 0.250. The van der Waals surface area contributed by atoms with Gasteiger partial charge in [0.15, 0.2) is 5.76 Å². The van der Waals surface area contributed by atoms with Crippen LogP contribution in [0, 0.1) is 6.92 Å². The number of benzene rings is 1. The number of nitrogens with two attached hydrogens (primary N) is 1. The average molecular weight is 218 g/mol. The van der Waals surface area contributed by atoms with Gasteiger partial charge in [0.25, 0.3) is 0 Å². The molecule has 0 saturated heterocycles. The number of aryl methyl sites for hydroxylation is 1. The first kappa shape index (κ1) is 10.7. The smallest absolute Gasteiger partial charge is 0.175 e. The SMILES string of the molecule is COc1ccc(C)cc1-c1oncc1CN. The Morgan fingerprint density at radius 2 is 2.25 bits per heavy atom. The lowest BCUT2D eigenvalue weighted by molar-refractivity contribution is 0.405. The minimum absolute atomic E-state index is 0.399. The zero-order chi connectivity index (χ0) is 11.5. The van der Waals surface area contributed by atoms with Crippen LogP contribution in [-0.2, 0) is 6.54 Å². The van der Waals surface area contributed by atoms with Gasteiger partial charge in [0.2, 0.25) is 0 Å². The van der Waals surface area contributed by atoms with Gasteiger partial charge in [-0.2, -0.15) is 0 Å². The highest BCUT2D eigenvalue weighted by atomic mass is 16.5. The van der Waals surface area contributed by atoms with Crippen molar-refractivity contribution in [2.45, 2.75) is 13.5 Å². The van der Waals surface area contributed by atoms with Crippen LogP contribution >= 0.6 is 0 Å². The quantitative estimate of drug-likeness (QED) is 0.857. The number of nitrogens with zero attached hydrogens (tertiary/aromatic N) is 1. The number of methoxy groups -OCH3 is 1. The first-order valence-corrected chi connectivity index (χ1v) is 5.05. The third-order valence-corrected chi connectivity index (χ3v) is 2.46. The molecule has 0 atom stereocenters. The van der Waals surface area contributed by atoms with Crippen molar-refractivity contribution in [2.24, 2.45) is 5.73 Å². The first-order chi connectivity index (χ1) is 7.76. The molecule has 0 amide bonds. The molecule has 1 heterocycles. The summed E-state index contributed by atoms with van der Waals surface area (Å²) in [5.74, 6) is 1.44. The zero-order valence-electron chi connectivity index (χ0n) is 9.36. The maximum absolute atomic E-state index is 5.62. The molecule has 4 heteroatoms. The average Bonchev–Trinajstić information content (AvgIpc) is 2.76. The van der Waals surface area contributed by atoms with Crippen molar-refractivity contribution in [1.82, 2.24) is 5.16 Å². The monoisotopic (exact) mass is 218 g/mol. The molecule has 0 aliphatic rings. The number of rotatable bonds is 3. The highest BCUT2D eigenvalue weighted by Gasteiger charge is 2.14. The van der Waals surface area contributed by atoms with E-state index in [-0.39, 0.29) is 0 Å². The van der Waals surface area contributed by atoms with Gasteiger partial charge in [0.1, 0.15) is 5.75 Å². The van der Waals surface area contributed by atoms with Crippen LogP contribution in [0.1, 0.15) is 11.1 Å². The van der Waals surface area contributed by atoms with Gasteiger partial charge in [-0.15, -0.1) is 0 Å². The van der Waals surface area contributed by atoms with Gasteiger partial charge in [0.05, 0.1) is 18.9 Å². The minimum atomic E-state index is 0.399. The van der Waals surface area contributed by atoms with Crippen LogP contribution in [0.5, 0.6) is 5.75 Å². The molecule has 0 fully saturated rings. The molecule has 4 nitrogen and oxygen atoms in total. The third-order valence-electron chi connectivity index (χ3n) is 2.46. The van der Waals surface area contributed by atoms with Gasteiger partial charge < -0.3 is 15.0 Å². The van der Waals surface area contributed by atoms with Gasteiger partial charge in [-0.05, 0) is 19.1 Å². The van der Waals surface area contributed by atoms with Crippen LogP contribution in [-0.4, -0.2) is 12.3 Å². The molecule has 1 aromatic carbocycles. The molecular formula is C12H14N2O2. The topological polar surface area (TPSA) is 61.3 Å². The lowest BCUT2D eigenvalue weighted by Gasteiger charge is -2.07. The second-order valence-corrected chi connectivity index (χ2v) is 3.59. The van der Waals surface area contributed by atoms with E-state index in [2.05, 4.69) is 5.16 Å². The molecule has 0 aliphatic heterocycles. The summed E-state index contributed by atoms with van der Waals surface area (Å²) in [5.41, 5.74) is 8.52. The van der Waals surface area contributed by atoms with E-state index in [0.717, 1.165) is 22.4 Å². The second kappa shape index (κ2) is 4.37. The summed E-state index contributed by atoms with van der Waals surface area (Å²) in [5, 5.41) is 3.76. The summed E-state index contributed by atoms with van der Waals surface area (Å²) in [6, 6.07) is 5.90. The van der Waals surface area contributed by atoms with Gasteiger partial charge in [-0.3, -0.25) is 0 Å². The Morgan fingerprint density at radius 3 is 2.94 bits per heavy atom. The van der Waals surface area contributed by atoms with Crippen LogP contribution in [0.15, 0.2) is 28.9 Å². The normalized spacial score (nSPS) is 10.4. The maximum Gasteiger partial charge on any atom is 0.175 e. The molecule has 0 saturated carbocycles. The summed E-state index contributed by atoms with van der Waals surface area (Å²) in [4.78, 5) is 0.